The summed E-state index contributed by atoms with van der Waals surface area (Å²) in [5.41, 5.74) is -3.39. The van der Waals surface area contributed by atoms with E-state index < -0.39 is 54.8 Å². The molecule has 0 fully saturated rings. The molecule has 0 amide bonds. The molecule has 0 N–H and O–H groups in total. The van der Waals surface area contributed by atoms with Gasteiger partial charge >= 0.3 is 12.4 Å². The van der Waals surface area contributed by atoms with E-state index in [1.54, 1.807) is 0 Å². The lowest BCUT2D eigenvalue weighted by molar-refractivity contribution is -0.138. The van der Waals surface area contributed by atoms with Gasteiger partial charge in [-0.2, -0.15) is 26.3 Å². The Balaban J connectivity index is 2.36. The predicted octanol–water partition coefficient (Wildman–Crippen LogP) is 4.51. The Bertz CT molecular complexity index is 1250. The largest absolute Gasteiger partial charge is 0.419 e. The van der Waals surface area contributed by atoms with Gasteiger partial charge in [-0.1, -0.05) is 18.5 Å². The molecule has 0 aliphatic heterocycles. The topological polar surface area (TPSA) is 77.7 Å². The third-order valence-corrected chi connectivity index (χ3v) is 6.24. The number of nitrogens with zero attached hydrogens (tertiary/aromatic N) is 4. The second-order valence-electron chi connectivity index (χ2n) is 6.13. The van der Waals surface area contributed by atoms with Crippen molar-refractivity contribution in [3.8, 4) is 11.5 Å². The number of hydrogen-bond acceptors (Lipinski definition) is 5. The smallest absolute Gasteiger partial charge is 0.310 e. The van der Waals surface area contributed by atoms with Crippen LogP contribution in [0.25, 0.3) is 22.7 Å². The highest BCUT2D eigenvalue weighted by molar-refractivity contribution is 7.91. The fourth-order valence-electron chi connectivity index (χ4n) is 2.67. The number of aromatic nitrogens is 4. The molecule has 6 nitrogen and oxygen atoms in total. The third kappa shape index (κ3) is 3.83. The van der Waals surface area contributed by atoms with Crippen molar-refractivity contribution in [1.29, 1.82) is 0 Å². The normalized spacial score (nSPS) is 13.2. The number of aryl methyl sites for hydroxylation is 1. The average Bonchev–Trinajstić information content (AvgIpc) is 2.95. The van der Waals surface area contributed by atoms with Crippen LogP contribution in [0.5, 0.6) is 0 Å². The van der Waals surface area contributed by atoms with Gasteiger partial charge in [-0.05, 0) is 12.1 Å². The number of halogens is 7. The number of imidazole rings is 1. The summed E-state index contributed by atoms with van der Waals surface area (Å²) in [7, 11) is -2.93. The molecule has 3 heterocycles. The van der Waals surface area contributed by atoms with Gasteiger partial charge in [0.25, 0.3) is 0 Å². The van der Waals surface area contributed by atoms with E-state index in [9.17, 15) is 34.8 Å². The fourth-order valence-corrected chi connectivity index (χ4v) is 3.95. The highest BCUT2D eigenvalue weighted by Crippen LogP contribution is 2.39. The van der Waals surface area contributed by atoms with Gasteiger partial charge in [-0.3, -0.25) is 0 Å². The molecule has 0 atom stereocenters. The molecule has 0 aromatic carbocycles. The average molecular weight is 473 g/mol. The zero-order valence-electron chi connectivity index (χ0n) is 15.1. The molecule has 0 saturated carbocycles. The van der Waals surface area contributed by atoms with Crippen molar-refractivity contribution in [2.75, 3.05) is 5.75 Å². The molecule has 0 aliphatic carbocycles. The molecule has 3 rings (SSSR count). The van der Waals surface area contributed by atoms with Crippen LogP contribution in [0.1, 0.15) is 18.1 Å². The minimum Gasteiger partial charge on any atom is -0.310 e. The van der Waals surface area contributed by atoms with Crippen molar-refractivity contribution in [2.24, 2.45) is 7.05 Å². The first kappa shape index (κ1) is 22.3. The van der Waals surface area contributed by atoms with Crippen molar-refractivity contribution < 1.29 is 34.8 Å². The Labute approximate surface area is 170 Å². The van der Waals surface area contributed by atoms with Crippen LogP contribution in [0.4, 0.5) is 26.3 Å². The second kappa shape index (κ2) is 7.08. The van der Waals surface area contributed by atoms with E-state index in [4.69, 9.17) is 11.6 Å². The van der Waals surface area contributed by atoms with Crippen LogP contribution in [0.2, 0.25) is 5.15 Å². The fraction of sp³-hybridized carbons (Fsp3) is 0.312. The summed E-state index contributed by atoms with van der Waals surface area (Å²) in [5.74, 6) is -0.861. The third-order valence-electron chi connectivity index (χ3n) is 4.21. The molecule has 0 spiro atoms. The van der Waals surface area contributed by atoms with Crippen molar-refractivity contribution >= 4 is 32.6 Å². The van der Waals surface area contributed by atoms with E-state index in [1.807, 2.05) is 0 Å². The number of hydrogen-bond donors (Lipinski definition) is 0. The van der Waals surface area contributed by atoms with E-state index >= 15 is 0 Å². The monoisotopic (exact) mass is 472 g/mol. The summed E-state index contributed by atoms with van der Waals surface area (Å²) < 4.78 is 104. The number of alkyl halides is 6. The van der Waals surface area contributed by atoms with Gasteiger partial charge in [-0.25, -0.2) is 23.4 Å². The maximum atomic E-state index is 13.2. The van der Waals surface area contributed by atoms with Gasteiger partial charge in [0.05, 0.1) is 21.8 Å². The van der Waals surface area contributed by atoms with Crippen LogP contribution in [0.3, 0.4) is 0 Å². The summed E-state index contributed by atoms with van der Waals surface area (Å²) >= 11 is 5.64. The van der Waals surface area contributed by atoms with Crippen LogP contribution < -0.4 is 0 Å². The number of rotatable bonds is 3. The van der Waals surface area contributed by atoms with Crippen molar-refractivity contribution in [1.82, 2.24) is 19.5 Å². The second-order valence-corrected chi connectivity index (χ2v) is 8.74. The summed E-state index contributed by atoms with van der Waals surface area (Å²) in [6, 6.07) is 1.03. The zero-order chi connectivity index (χ0) is 22.6. The van der Waals surface area contributed by atoms with Gasteiger partial charge in [0.15, 0.2) is 21.3 Å². The molecule has 30 heavy (non-hydrogen) atoms. The van der Waals surface area contributed by atoms with Crippen LogP contribution in [0, 0.1) is 0 Å². The quantitative estimate of drug-likeness (QED) is 0.414. The highest BCUT2D eigenvalue weighted by Gasteiger charge is 2.37. The minimum absolute atomic E-state index is 0.0596. The lowest BCUT2D eigenvalue weighted by atomic mass is 10.2. The Morgan fingerprint density at radius 2 is 1.70 bits per heavy atom. The van der Waals surface area contributed by atoms with E-state index in [0.717, 1.165) is 4.57 Å². The van der Waals surface area contributed by atoms with Gasteiger partial charge in [0.1, 0.15) is 16.4 Å². The minimum atomic E-state index is -4.98. The van der Waals surface area contributed by atoms with Crippen molar-refractivity contribution in [2.45, 2.75) is 24.2 Å². The molecule has 14 heteroatoms. The van der Waals surface area contributed by atoms with Gasteiger partial charge in [-0.15, -0.1) is 0 Å². The van der Waals surface area contributed by atoms with E-state index in [-0.39, 0.29) is 17.0 Å². The van der Waals surface area contributed by atoms with Crippen molar-refractivity contribution in [3.05, 3.63) is 34.6 Å². The first-order valence-corrected chi connectivity index (χ1v) is 10.1. The summed E-state index contributed by atoms with van der Waals surface area (Å²) in [4.78, 5) is 10.4. The Morgan fingerprint density at radius 3 is 2.23 bits per heavy atom. The SMILES string of the molecule is CCS(=O)(=O)c1cc(C(F)(F)F)c(Cl)nc1-c1nc2cc(C(F)(F)F)cnc2n1C. The van der Waals surface area contributed by atoms with Gasteiger partial charge < -0.3 is 4.57 Å². The summed E-state index contributed by atoms with van der Waals surface area (Å²) in [6.45, 7) is 1.22. The molecule has 0 saturated heterocycles. The first-order valence-electron chi connectivity index (χ1n) is 8.07. The van der Waals surface area contributed by atoms with Crippen molar-refractivity contribution in [3.63, 3.8) is 0 Å². The number of fused-ring (bicyclic) bond motifs is 1. The maximum absolute atomic E-state index is 13.2. The predicted molar refractivity (Wildman–Crippen MR) is 94.5 cm³/mol. The molecule has 0 unspecified atom stereocenters. The first-order chi connectivity index (χ1) is 13.7. The molecular formula is C16H11ClF6N4O2S. The molecule has 3 aromatic heterocycles. The van der Waals surface area contributed by atoms with Gasteiger partial charge in [0, 0.05) is 13.2 Å². The Morgan fingerprint density at radius 1 is 1.07 bits per heavy atom. The van der Waals surface area contributed by atoms with E-state index in [1.165, 1.54) is 14.0 Å². The zero-order valence-corrected chi connectivity index (χ0v) is 16.7. The molecule has 0 radical (unpaired) electrons. The molecule has 3 aromatic rings. The van der Waals surface area contributed by atoms with Crippen LogP contribution in [-0.4, -0.2) is 33.7 Å². The van der Waals surface area contributed by atoms with Crippen LogP contribution >= 0.6 is 11.6 Å². The molecular weight excluding hydrogens is 462 g/mol. The summed E-state index contributed by atoms with van der Waals surface area (Å²) in [6.07, 6.45) is -9.12. The summed E-state index contributed by atoms with van der Waals surface area (Å²) in [5, 5.41) is -1.02. The molecule has 162 valence electrons. The van der Waals surface area contributed by atoms with Crippen LogP contribution in [0.15, 0.2) is 23.2 Å². The molecule has 0 bridgehead atoms. The molecule has 0 aliphatic rings. The maximum Gasteiger partial charge on any atom is 0.419 e. The lowest BCUT2D eigenvalue weighted by Gasteiger charge is -2.14. The Hall–Kier alpha value is -2.41. The number of sulfone groups is 1. The van der Waals surface area contributed by atoms with Gasteiger partial charge in [0.2, 0.25) is 0 Å². The standard InChI is InChI=1S/C16H11ClF6N4O2S/c1-3-30(28,29)10-5-8(16(21,22)23)12(17)26-11(10)14-25-9-4-7(15(18,19)20)6-24-13(9)27(14)2/h4-6H,3H2,1-2H3. The lowest BCUT2D eigenvalue weighted by Crippen LogP contribution is -2.14. The number of pyridine rings is 2. The van der Waals surface area contributed by atoms with E-state index in [0.29, 0.717) is 18.3 Å². The van der Waals surface area contributed by atoms with E-state index in [2.05, 4.69) is 15.0 Å². The van der Waals surface area contributed by atoms with Crippen LogP contribution in [-0.2, 0) is 29.2 Å². The Kier molecular flexibility index (Phi) is 5.26. The highest BCUT2D eigenvalue weighted by atomic mass is 35.5.